The normalized spacial score (nSPS) is 24.2. The van der Waals surface area contributed by atoms with Crippen molar-refractivity contribution in [3.05, 3.63) is 33.8 Å². The highest BCUT2D eigenvalue weighted by Crippen LogP contribution is 2.43. The second kappa shape index (κ2) is 7.42. The Balaban J connectivity index is 1.75. The van der Waals surface area contributed by atoms with Gasteiger partial charge in [0, 0.05) is 11.6 Å². The fourth-order valence-corrected chi connectivity index (χ4v) is 4.29. The number of halogens is 3. The van der Waals surface area contributed by atoms with E-state index in [2.05, 4.69) is 0 Å². The molecule has 1 aliphatic heterocycles. The van der Waals surface area contributed by atoms with Gasteiger partial charge >= 0.3 is 13.1 Å². The first kappa shape index (κ1) is 19.5. The molecule has 5 nitrogen and oxygen atoms in total. The van der Waals surface area contributed by atoms with Gasteiger partial charge in [-0.05, 0) is 47.8 Å². The van der Waals surface area contributed by atoms with Crippen LogP contribution < -0.4 is 0 Å². The van der Waals surface area contributed by atoms with E-state index in [4.69, 9.17) is 21.6 Å². The highest BCUT2D eigenvalue weighted by molar-refractivity contribution is 6.40. The summed E-state index contributed by atoms with van der Waals surface area (Å²) in [5.41, 5.74) is 2.23. The molecule has 0 aromatic heterocycles. The average Bonchev–Trinajstić information content (AvgIpc) is 2.82. The van der Waals surface area contributed by atoms with Gasteiger partial charge in [0.15, 0.2) is 0 Å². The number of nitrogens with zero attached hydrogens (tertiary/aromatic N) is 1. The molecule has 1 heterocycles. The number of rotatable bonds is 7. The number of benzene rings is 1. The predicted molar refractivity (Wildman–Crippen MR) is 93.5 cm³/mol. The number of hydrogen-bond acceptors (Lipinski definition) is 4. The topological polar surface area (TPSA) is 81.0 Å². The van der Waals surface area contributed by atoms with E-state index >= 15 is 0 Å². The van der Waals surface area contributed by atoms with Gasteiger partial charge in [-0.15, -0.1) is 0 Å². The maximum Gasteiger partial charge on any atom is 0.451 e. The van der Waals surface area contributed by atoms with Gasteiger partial charge in [0.2, 0.25) is 0 Å². The Morgan fingerprint density at radius 2 is 2.04 bits per heavy atom. The van der Waals surface area contributed by atoms with Crippen LogP contribution in [0.25, 0.3) is 0 Å². The van der Waals surface area contributed by atoms with E-state index < -0.39 is 24.9 Å². The molecule has 3 N–H and O–H groups in total. The van der Waals surface area contributed by atoms with Gasteiger partial charge in [0.05, 0.1) is 19.0 Å². The van der Waals surface area contributed by atoms with Crippen molar-refractivity contribution in [3.63, 3.8) is 0 Å². The first-order valence-electron chi connectivity index (χ1n) is 8.66. The summed E-state index contributed by atoms with van der Waals surface area (Å²) in [6, 6.07) is 3.49. The maximum absolute atomic E-state index is 13.0. The molecular weight excluding hydrogens is 366 g/mol. The van der Waals surface area contributed by atoms with Crippen molar-refractivity contribution >= 4 is 24.7 Å². The van der Waals surface area contributed by atoms with Crippen molar-refractivity contribution in [1.29, 1.82) is 0 Å². The van der Waals surface area contributed by atoms with Gasteiger partial charge in [0.1, 0.15) is 0 Å². The van der Waals surface area contributed by atoms with Crippen LogP contribution in [-0.4, -0.2) is 52.2 Å². The molecule has 0 radical (unpaired) electrons. The summed E-state index contributed by atoms with van der Waals surface area (Å²) in [4.78, 5) is 13.4. The molecule has 9 heteroatoms. The number of aliphatic carboxylic acids is 1. The van der Waals surface area contributed by atoms with E-state index in [9.17, 15) is 18.7 Å². The van der Waals surface area contributed by atoms with Gasteiger partial charge in [0.25, 0.3) is 5.92 Å². The summed E-state index contributed by atoms with van der Waals surface area (Å²) in [5, 5.41) is 28.1. The zero-order chi connectivity index (χ0) is 19.1. The smallest absolute Gasteiger partial charge is 0.451 e. The third-order valence-corrected chi connectivity index (χ3v) is 5.56. The lowest BCUT2D eigenvalue weighted by molar-refractivity contribution is -0.140. The van der Waals surface area contributed by atoms with Crippen LogP contribution in [0.4, 0.5) is 8.78 Å². The van der Waals surface area contributed by atoms with Crippen LogP contribution in [-0.2, 0) is 17.8 Å². The van der Waals surface area contributed by atoms with E-state index in [-0.39, 0.29) is 31.9 Å². The molecule has 142 valence electrons. The molecule has 2 aliphatic rings. The number of fused-ring (bicyclic) bond motifs is 1. The lowest BCUT2D eigenvalue weighted by Crippen LogP contribution is -2.55. The molecule has 1 fully saturated rings. The van der Waals surface area contributed by atoms with E-state index in [1.807, 2.05) is 0 Å². The molecule has 2 atom stereocenters. The number of alkyl halides is 2. The summed E-state index contributed by atoms with van der Waals surface area (Å²) in [5.74, 6) is -4.41. The molecule has 26 heavy (non-hydrogen) atoms. The molecule has 0 amide bonds. The van der Waals surface area contributed by atoms with Crippen LogP contribution in [0.2, 0.25) is 11.3 Å². The van der Waals surface area contributed by atoms with E-state index in [1.54, 1.807) is 17.0 Å². The lowest BCUT2D eigenvalue weighted by Gasteiger charge is -2.38. The second-order valence-corrected chi connectivity index (χ2v) is 7.74. The van der Waals surface area contributed by atoms with Crippen LogP contribution >= 0.6 is 11.6 Å². The number of carboxylic acid groups (broad SMARTS) is 1. The minimum Gasteiger partial charge on any atom is -0.481 e. The van der Waals surface area contributed by atoms with Crippen LogP contribution in [0.3, 0.4) is 0 Å². The van der Waals surface area contributed by atoms with Crippen molar-refractivity contribution in [1.82, 2.24) is 4.90 Å². The van der Waals surface area contributed by atoms with Gasteiger partial charge in [-0.25, -0.2) is 8.78 Å². The largest absolute Gasteiger partial charge is 0.481 e. The molecule has 1 saturated heterocycles. The monoisotopic (exact) mass is 387 g/mol. The van der Waals surface area contributed by atoms with E-state index in [0.717, 1.165) is 5.56 Å². The fraction of sp³-hybridized carbons (Fsp3) is 0.588. The van der Waals surface area contributed by atoms with Crippen LogP contribution in [0.5, 0.6) is 0 Å². The molecule has 2 unspecified atom stereocenters. The van der Waals surface area contributed by atoms with Gasteiger partial charge in [-0.2, -0.15) is 0 Å². The Labute approximate surface area is 155 Å². The maximum atomic E-state index is 13.0. The van der Waals surface area contributed by atoms with Gasteiger partial charge in [-0.3, -0.25) is 9.69 Å². The van der Waals surface area contributed by atoms with Crippen molar-refractivity contribution in [2.75, 3.05) is 13.1 Å². The molecular formula is C17H21BClF2NO4. The zero-order valence-corrected chi connectivity index (χ0v) is 14.9. The van der Waals surface area contributed by atoms with Crippen LogP contribution in [0.15, 0.2) is 12.1 Å². The molecule has 1 aliphatic carbocycles. The summed E-state index contributed by atoms with van der Waals surface area (Å²) < 4.78 is 26.0. The number of likely N-dealkylation sites (tertiary alicyclic amines) is 1. The first-order chi connectivity index (χ1) is 12.2. The first-order valence-corrected chi connectivity index (χ1v) is 9.04. The highest BCUT2D eigenvalue weighted by Gasteiger charge is 2.44. The molecule has 1 aromatic carbocycles. The number of carboxylic acids is 1. The third-order valence-electron chi connectivity index (χ3n) is 5.20. The van der Waals surface area contributed by atoms with Crippen molar-refractivity contribution < 1.29 is 28.7 Å². The van der Waals surface area contributed by atoms with E-state index in [1.165, 1.54) is 0 Å². The minimum absolute atomic E-state index is 0.138. The van der Waals surface area contributed by atoms with Gasteiger partial charge in [-0.1, -0.05) is 24.1 Å². The summed E-state index contributed by atoms with van der Waals surface area (Å²) in [6.07, 6.45) is 1.85. The number of carbonyl (C=O) groups is 1. The second-order valence-electron chi connectivity index (χ2n) is 7.34. The highest BCUT2D eigenvalue weighted by atomic mass is 35.5. The molecule has 1 aromatic rings. The van der Waals surface area contributed by atoms with E-state index in [0.29, 0.717) is 35.4 Å². The average molecular weight is 388 g/mol. The third kappa shape index (κ3) is 4.19. The Hall–Kier alpha value is -1.22. The molecule has 3 rings (SSSR count). The van der Waals surface area contributed by atoms with Crippen LogP contribution in [0, 0.1) is 5.92 Å². The quantitative estimate of drug-likeness (QED) is 0.626. The Morgan fingerprint density at radius 1 is 1.35 bits per heavy atom. The SMILES string of the molecule is O=C(O)C1c2cc(CN3CC(F)(F)C3)c(Cl)cc2CC1CCCB(O)O. The summed E-state index contributed by atoms with van der Waals surface area (Å²) in [7, 11) is -1.39. The fourth-order valence-electron chi connectivity index (χ4n) is 4.05. The van der Waals surface area contributed by atoms with Crippen molar-refractivity contribution in [2.24, 2.45) is 5.92 Å². The lowest BCUT2D eigenvalue weighted by atomic mass is 9.80. The zero-order valence-electron chi connectivity index (χ0n) is 14.2. The van der Waals surface area contributed by atoms with Gasteiger partial charge < -0.3 is 15.2 Å². The molecule has 0 bridgehead atoms. The Kier molecular flexibility index (Phi) is 5.58. The summed E-state index contributed by atoms with van der Waals surface area (Å²) >= 11 is 6.30. The Morgan fingerprint density at radius 3 is 2.62 bits per heavy atom. The summed E-state index contributed by atoms with van der Waals surface area (Å²) in [6.45, 7) is -0.348. The van der Waals surface area contributed by atoms with Crippen molar-refractivity contribution in [3.8, 4) is 0 Å². The minimum atomic E-state index is -2.66. The molecule has 0 spiro atoms. The number of hydrogen-bond donors (Lipinski definition) is 3. The van der Waals surface area contributed by atoms with Crippen molar-refractivity contribution in [2.45, 2.75) is 44.0 Å². The van der Waals surface area contributed by atoms with Crippen LogP contribution in [0.1, 0.15) is 35.4 Å². The predicted octanol–water partition coefficient (Wildman–Crippen LogP) is 2.38. The standard InChI is InChI=1S/C17H21BClF2NO4/c19-14-6-11-4-10(2-1-3-18(25)26)15(16(23)24)13(11)5-12(14)7-22-8-17(20,21)9-22/h5-6,10,15,25-26H,1-4,7-9H2,(H,23,24). The Bertz CT molecular complexity index is 696. The molecule has 0 saturated carbocycles.